The van der Waals surface area contributed by atoms with E-state index in [-0.39, 0.29) is 7.43 Å². The van der Waals surface area contributed by atoms with E-state index in [1.165, 1.54) is 27.4 Å². The second-order valence-electron chi connectivity index (χ2n) is 5.88. The van der Waals surface area contributed by atoms with Gasteiger partial charge in [-0.1, -0.05) is 57.7 Å². The van der Waals surface area contributed by atoms with Crippen LogP contribution in [0.2, 0.25) is 0 Å². The topological polar surface area (TPSA) is 4.93 Å². The lowest BCUT2D eigenvalue weighted by Crippen LogP contribution is -2.02. The van der Waals surface area contributed by atoms with E-state index < -0.39 is 0 Å². The molecule has 0 atom stereocenters. The maximum absolute atomic E-state index is 2.49. The van der Waals surface area contributed by atoms with Crippen molar-refractivity contribution in [3.05, 3.63) is 48.0 Å². The number of rotatable bonds is 2. The molecule has 0 aliphatic carbocycles. The summed E-state index contributed by atoms with van der Waals surface area (Å²) in [7, 11) is 0. The molecule has 0 bridgehead atoms. The van der Waals surface area contributed by atoms with Crippen molar-refractivity contribution in [3.63, 3.8) is 0 Å². The third kappa shape index (κ3) is 2.02. The van der Waals surface area contributed by atoms with E-state index in [4.69, 9.17) is 0 Å². The molecule has 0 unspecified atom stereocenters. The summed E-state index contributed by atoms with van der Waals surface area (Å²) in [6, 6.07) is 15.9. The SMILES string of the molecule is C.CC(C)c1cccc2c3ccccc3n(C(C)C)c12. The van der Waals surface area contributed by atoms with E-state index in [2.05, 4.69) is 74.7 Å². The summed E-state index contributed by atoms with van der Waals surface area (Å²) in [5.41, 5.74) is 4.21. The highest BCUT2D eigenvalue weighted by atomic mass is 15.0. The summed E-state index contributed by atoms with van der Waals surface area (Å²) in [5.74, 6) is 0.547. The Morgan fingerprint density at radius 3 is 2.10 bits per heavy atom. The molecule has 1 aromatic heterocycles. The number of benzene rings is 2. The van der Waals surface area contributed by atoms with Gasteiger partial charge in [0.25, 0.3) is 0 Å². The average molecular weight is 267 g/mol. The van der Waals surface area contributed by atoms with Crippen molar-refractivity contribution in [3.8, 4) is 0 Å². The Morgan fingerprint density at radius 2 is 1.45 bits per heavy atom. The minimum atomic E-state index is 0. The third-order valence-electron chi connectivity index (χ3n) is 3.90. The van der Waals surface area contributed by atoms with Crippen molar-refractivity contribution >= 4 is 21.8 Å². The van der Waals surface area contributed by atoms with Crippen LogP contribution in [-0.2, 0) is 0 Å². The van der Waals surface area contributed by atoms with Gasteiger partial charge in [-0.25, -0.2) is 0 Å². The summed E-state index contributed by atoms with van der Waals surface area (Å²) in [5, 5.41) is 2.75. The fourth-order valence-electron chi connectivity index (χ4n) is 3.08. The molecule has 0 saturated carbocycles. The molecule has 0 aliphatic rings. The van der Waals surface area contributed by atoms with E-state index in [0.717, 1.165) is 0 Å². The van der Waals surface area contributed by atoms with Gasteiger partial charge in [-0.2, -0.15) is 0 Å². The smallest absolute Gasteiger partial charge is 0.0528 e. The highest BCUT2D eigenvalue weighted by molar-refractivity contribution is 6.09. The molecule has 1 nitrogen and oxygen atoms in total. The third-order valence-corrected chi connectivity index (χ3v) is 3.90. The van der Waals surface area contributed by atoms with Gasteiger partial charge in [-0.3, -0.25) is 0 Å². The van der Waals surface area contributed by atoms with Gasteiger partial charge in [0.05, 0.1) is 5.52 Å². The number of fused-ring (bicyclic) bond motifs is 3. The quantitative estimate of drug-likeness (QED) is 0.526. The fraction of sp³-hybridized carbons (Fsp3) is 0.368. The molecular weight excluding hydrogens is 242 g/mol. The summed E-state index contributed by atoms with van der Waals surface area (Å²) in [6.45, 7) is 9.08. The van der Waals surface area contributed by atoms with Crippen molar-refractivity contribution in [2.24, 2.45) is 0 Å². The van der Waals surface area contributed by atoms with Crippen molar-refractivity contribution in [2.45, 2.75) is 47.1 Å². The zero-order chi connectivity index (χ0) is 13.6. The summed E-state index contributed by atoms with van der Waals surface area (Å²) >= 11 is 0. The molecule has 3 rings (SSSR count). The first-order chi connectivity index (χ1) is 9.11. The van der Waals surface area contributed by atoms with E-state index in [0.29, 0.717) is 12.0 Å². The summed E-state index contributed by atoms with van der Waals surface area (Å²) in [6.07, 6.45) is 0. The molecule has 0 aliphatic heterocycles. The molecule has 0 fully saturated rings. The Balaban J connectivity index is 0.00000147. The van der Waals surface area contributed by atoms with Gasteiger partial charge in [0, 0.05) is 22.3 Å². The maximum atomic E-state index is 2.49. The lowest BCUT2D eigenvalue weighted by Gasteiger charge is -2.16. The molecule has 3 aromatic rings. The second kappa shape index (κ2) is 5.32. The van der Waals surface area contributed by atoms with Gasteiger partial charge in [-0.15, -0.1) is 0 Å². The Labute approximate surface area is 122 Å². The Morgan fingerprint density at radius 1 is 0.800 bits per heavy atom. The fourth-order valence-corrected chi connectivity index (χ4v) is 3.08. The molecular formula is C19H25N. The molecule has 0 amide bonds. The van der Waals surface area contributed by atoms with Crippen LogP contribution < -0.4 is 0 Å². The predicted molar refractivity (Wildman–Crippen MR) is 90.6 cm³/mol. The molecule has 1 heterocycles. The minimum absolute atomic E-state index is 0. The summed E-state index contributed by atoms with van der Waals surface area (Å²) in [4.78, 5) is 0. The van der Waals surface area contributed by atoms with Crippen molar-refractivity contribution in [2.75, 3.05) is 0 Å². The predicted octanol–water partition coefficient (Wildman–Crippen LogP) is 6.13. The van der Waals surface area contributed by atoms with Crippen LogP contribution in [0.4, 0.5) is 0 Å². The van der Waals surface area contributed by atoms with Crippen LogP contribution in [0, 0.1) is 0 Å². The van der Waals surface area contributed by atoms with Gasteiger partial charge >= 0.3 is 0 Å². The monoisotopic (exact) mass is 267 g/mol. The second-order valence-corrected chi connectivity index (χ2v) is 5.88. The van der Waals surface area contributed by atoms with E-state index >= 15 is 0 Å². The van der Waals surface area contributed by atoms with E-state index in [1.54, 1.807) is 0 Å². The Hall–Kier alpha value is -1.76. The number of hydrogen-bond donors (Lipinski definition) is 0. The number of nitrogens with zero attached hydrogens (tertiary/aromatic N) is 1. The van der Waals surface area contributed by atoms with Crippen LogP contribution in [0.25, 0.3) is 21.8 Å². The molecule has 0 spiro atoms. The molecule has 0 radical (unpaired) electrons. The first-order valence-electron chi connectivity index (χ1n) is 7.12. The lowest BCUT2D eigenvalue weighted by atomic mass is 10.00. The van der Waals surface area contributed by atoms with Crippen LogP contribution >= 0.6 is 0 Å². The van der Waals surface area contributed by atoms with Crippen LogP contribution in [0.15, 0.2) is 42.5 Å². The molecule has 0 saturated heterocycles. The van der Waals surface area contributed by atoms with Crippen molar-refractivity contribution in [1.82, 2.24) is 4.57 Å². The lowest BCUT2D eigenvalue weighted by molar-refractivity contribution is 0.638. The first kappa shape index (κ1) is 14.6. The zero-order valence-corrected chi connectivity index (χ0v) is 12.1. The Bertz CT molecular complexity index is 732. The number of para-hydroxylation sites is 2. The van der Waals surface area contributed by atoms with Gasteiger partial charge in [0.2, 0.25) is 0 Å². The first-order valence-corrected chi connectivity index (χ1v) is 7.12. The molecule has 1 heteroatoms. The number of aromatic nitrogens is 1. The highest BCUT2D eigenvalue weighted by Crippen LogP contribution is 2.35. The Kier molecular flexibility index (Phi) is 3.89. The molecule has 106 valence electrons. The molecule has 0 N–H and O–H groups in total. The summed E-state index contributed by atoms with van der Waals surface area (Å²) < 4.78 is 2.49. The normalized spacial score (nSPS) is 11.5. The van der Waals surface area contributed by atoms with Crippen LogP contribution in [0.3, 0.4) is 0 Å². The average Bonchev–Trinajstić information content (AvgIpc) is 2.72. The number of hydrogen-bond acceptors (Lipinski definition) is 0. The maximum Gasteiger partial charge on any atom is 0.0528 e. The standard InChI is InChI=1S/C18H21N.CH4/c1-12(2)14-9-7-10-16-15-8-5-6-11-17(15)19(13(3)4)18(14)16;/h5-13H,1-4H3;1H4. The van der Waals surface area contributed by atoms with Crippen LogP contribution in [0.5, 0.6) is 0 Å². The molecule has 20 heavy (non-hydrogen) atoms. The van der Waals surface area contributed by atoms with Crippen molar-refractivity contribution in [1.29, 1.82) is 0 Å². The molecule has 2 aromatic carbocycles. The van der Waals surface area contributed by atoms with E-state index in [1.807, 2.05) is 0 Å². The van der Waals surface area contributed by atoms with Gasteiger partial charge < -0.3 is 4.57 Å². The highest BCUT2D eigenvalue weighted by Gasteiger charge is 2.16. The van der Waals surface area contributed by atoms with Gasteiger partial charge in [0.15, 0.2) is 0 Å². The van der Waals surface area contributed by atoms with E-state index in [9.17, 15) is 0 Å². The van der Waals surface area contributed by atoms with Gasteiger partial charge in [0.1, 0.15) is 0 Å². The van der Waals surface area contributed by atoms with Crippen LogP contribution in [0.1, 0.15) is 52.6 Å². The van der Waals surface area contributed by atoms with Crippen LogP contribution in [-0.4, -0.2) is 4.57 Å². The largest absolute Gasteiger partial charge is 0.338 e. The minimum Gasteiger partial charge on any atom is -0.338 e. The van der Waals surface area contributed by atoms with Gasteiger partial charge in [-0.05, 0) is 31.4 Å². The zero-order valence-electron chi connectivity index (χ0n) is 12.1. The van der Waals surface area contributed by atoms with Crippen molar-refractivity contribution < 1.29 is 0 Å².